The molecule has 3 rings (SSSR count). The quantitative estimate of drug-likeness (QED) is 0.532. The van der Waals surface area contributed by atoms with Gasteiger partial charge in [0.05, 0.1) is 11.5 Å². The molecule has 0 radical (unpaired) electrons. The number of hydrogen-bond acceptors (Lipinski definition) is 9. The van der Waals surface area contributed by atoms with E-state index in [-0.39, 0.29) is 4.90 Å². The molecule has 5 atom stereocenters. The van der Waals surface area contributed by atoms with Gasteiger partial charge in [-0.2, -0.15) is 8.42 Å². The molecule has 0 spiro atoms. The Balaban J connectivity index is 1.82. The molecule has 2 saturated heterocycles. The molecule has 0 unspecified atom stereocenters. The van der Waals surface area contributed by atoms with Crippen molar-refractivity contribution in [3.63, 3.8) is 0 Å². The summed E-state index contributed by atoms with van der Waals surface area (Å²) in [5, 5.41) is 9.77. The molecule has 10 heteroatoms. The Labute approximate surface area is 163 Å². The van der Waals surface area contributed by atoms with Gasteiger partial charge in [0.15, 0.2) is 24.3 Å². The monoisotopic (exact) mass is 416 g/mol. The summed E-state index contributed by atoms with van der Waals surface area (Å²) < 4.78 is 52.8. The smallest absolute Gasteiger partial charge is 0.303 e. The van der Waals surface area contributed by atoms with Crippen LogP contribution in [0.5, 0.6) is 0 Å². The number of rotatable bonds is 6. The van der Waals surface area contributed by atoms with E-state index < -0.39 is 59.2 Å². The van der Waals surface area contributed by atoms with Gasteiger partial charge in [0.2, 0.25) is 0 Å². The lowest BCUT2D eigenvalue weighted by molar-refractivity contribution is -0.228. The van der Waals surface area contributed by atoms with Gasteiger partial charge >= 0.3 is 5.97 Å². The molecule has 1 aromatic rings. The molecule has 28 heavy (non-hydrogen) atoms. The fraction of sp³-hybridized carbons (Fsp3) is 0.611. The number of aliphatic hydroxyl groups is 1. The number of benzene rings is 1. The summed E-state index contributed by atoms with van der Waals surface area (Å²) in [6, 6.07) is 6.07. The molecule has 2 fully saturated rings. The van der Waals surface area contributed by atoms with Gasteiger partial charge in [-0.25, -0.2) is 0 Å². The van der Waals surface area contributed by atoms with Gasteiger partial charge in [-0.3, -0.25) is 8.98 Å². The van der Waals surface area contributed by atoms with E-state index in [1.165, 1.54) is 19.1 Å². The number of ether oxygens (including phenoxy) is 4. The lowest BCUT2D eigenvalue weighted by Gasteiger charge is -2.29. The normalized spacial score (nSPS) is 30.0. The summed E-state index contributed by atoms with van der Waals surface area (Å²) in [6.45, 7) is 5.70. The third-order valence-electron chi connectivity index (χ3n) is 4.44. The van der Waals surface area contributed by atoms with Crippen molar-refractivity contribution in [2.24, 2.45) is 0 Å². The van der Waals surface area contributed by atoms with Gasteiger partial charge in [0.25, 0.3) is 10.1 Å². The van der Waals surface area contributed by atoms with Crippen LogP contribution in [0.15, 0.2) is 29.2 Å². The van der Waals surface area contributed by atoms with Crippen LogP contribution in [0.25, 0.3) is 0 Å². The van der Waals surface area contributed by atoms with E-state index in [9.17, 15) is 18.3 Å². The molecule has 0 bridgehead atoms. The molecule has 0 aliphatic carbocycles. The second-order valence-corrected chi connectivity index (χ2v) is 8.80. The maximum absolute atomic E-state index is 12.6. The molecular weight excluding hydrogens is 392 g/mol. The van der Waals surface area contributed by atoms with Gasteiger partial charge in [-0.05, 0) is 32.9 Å². The molecule has 0 amide bonds. The average molecular weight is 416 g/mol. The van der Waals surface area contributed by atoms with Gasteiger partial charge in [-0.1, -0.05) is 17.7 Å². The number of aryl methyl sites for hydroxylation is 1. The Morgan fingerprint density at radius 3 is 2.46 bits per heavy atom. The lowest BCUT2D eigenvalue weighted by atomic mass is 10.1. The molecule has 1 N–H and O–H groups in total. The molecule has 2 aliphatic heterocycles. The van der Waals surface area contributed by atoms with Crippen molar-refractivity contribution in [3.8, 4) is 0 Å². The molecule has 0 aromatic heterocycles. The van der Waals surface area contributed by atoms with Crippen molar-refractivity contribution >= 4 is 16.1 Å². The minimum atomic E-state index is -4.19. The molecular formula is C18H24O9S. The van der Waals surface area contributed by atoms with E-state index in [1.54, 1.807) is 26.0 Å². The maximum atomic E-state index is 12.6. The van der Waals surface area contributed by atoms with E-state index in [0.717, 1.165) is 5.56 Å². The van der Waals surface area contributed by atoms with Crippen LogP contribution in [0.4, 0.5) is 0 Å². The van der Waals surface area contributed by atoms with Gasteiger partial charge < -0.3 is 24.1 Å². The Morgan fingerprint density at radius 2 is 1.89 bits per heavy atom. The molecule has 156 valence electrons. The summed E-state index contributed by atoms with van der Waals surface area (Å²) >= 11 is 0. The lowest BCUT2D eigenvalue weighted by Crippen LogP contribution is -2.46. The number of carbonyl (C=O) groups is 1. The first-order chi connectivity index (χ1) is 13.0. The van der Waals surface area contributed by atoms with E-state index in [1.807, 2.05) is 6.92 Å². The van der Waals surface area contributed by atoms with Crippen LogP contribution in [0.2, 0.25) is 0 Å². The van der Waals surface area contributed by atoms with Crippen LogP contribution >= 0.6 is 0 Å². The molecule has 0 saturated carbocycles. The Hall–Kier alpha value is -1.56. The summed E-state index contributed by atoms with van der Waals surface area (Å²) in [5.74, 6) is -1.56. The zero-order chi connectivity index (χ0) is 20.7. The van der Waals surface area contributed by atoms with Gasteiger partial charge in [0.1, 0.15) is 12.2 Å². The minimum Gasteiger partial charge on any atom is -0.457 e. The largest absolute Gasteiger partial charge is 0.457 e. The highest BCUT2D eigenvalue weighted by Crippen LogP contribution is 2.40. The van der Waals surface area contributed by atoms with Gasteiger partial charge in [-0.15, -0.1) is 0 Å². The number of carbonyl (C=O) groups excluding carboxylic acids is 1. The van der Waals surface area contributed by atoms with Gasteiger partial charge in [0, 0.05) is 6.92 Å². The highest BCUT2D eigenvalue weighted by atomic mass is 32.2. The van der Waals surface area contributed by atoms with Crippen LogP contribution in [-0.2, 0) is 38.0 Å². The highest BCUT2D eigenvalue weighted by molar-refractivity contribution is 7.86. The van der Waals surface area contributed by atoms with E-state index in [4.69, 9.17) is 23.1 Å². The van der Waals surface area contributed by atoms with E-state index in [2.05, 4.69) is 0 Å². The fourth-order valence-electron chi connectivity index (χ4n) is 3.24. The minimum absolute atomic E-state index is 0.0626. The summed E-state index contributed by atoms with van der Waals surface area (Å²) in [6.07, 6.45) is -5.08. The summed E-state index contributed by atoms with van der Waals surface area (Å²) in [5.41, 5.74) is 0.886. The Kier molecular flexibility index (Phi) is 5.81. The average Bonchev–Trinajstić information content (AvgIpc) is 3.05. The second kappa shape index (κ2) is 7.69. The molecule has 1 aromatic carbocycles. The molecule has 2 aliphatic rings. The number of aliphatic hydroxyl groups excluding tert-OH is 1. The predicted molar refractivity (Wildman–Crippen MR) is 94.6 cm³/mol. The van der Waals surface area contributed by atoms with Crippen LogP contribution in [-0.4, -0.2) is 62.6 Å². The standard InChI is InChI=1S/C18H24O9S/c1-10-5-7-12(8-6-10)28(21,22)27-13(9-19)14-15(23-11(2)20)16-17(24-14)26-18(3,4)25-16/h5-8,13-17,19H,9H2,1-4H3/t13-,14-,15-,16-,17-/m1/s1. The summed E-state index contributed by atoms with van der Waals surface area (Å²) in [4.78, 5) is 11.5. The summed E-state index contributed by atoms with van der Waals surface area (Å²) in [7, 11) is -4.19. The van der Waals surface area contributed by atoms with Crippen molar-refractivity contribution in [3.05, 3.63) is 29.8 Å². The molecule has 2 heterocycles. The van der Waals surface area contributed by atoms with Crippen molar-refractivity contribution in [2.75, 3.05) is 6.61 Å². The SMILES string of the molecule is CC(=O)O[C@H]1[C@H]2OC(C)(C)O[C@H]2O[C@@H]1[C@@H](CO)OS(=O)(=O)c1ccc(C)cc1. The maximum Gasteiger partial charge on any atom is 0.303 e. The number of esters is 1. The Morgan fingerprint density at radius 1 is 1.25 bits per heavy atom. The predicted octanol–water partition coefficient (Wildman–Crippen LogP) is 0.869. The Bertz CT molecular complexity index is 818. The first kappa shape index (κ1) is 21.2. The fourth-order valence-corrected chi connectivity index (χ4v) is 4.32. The first-order valence-electron chi connectivity index (χ1n) is 8.81. The van der Waals surface area contributed by atoms with Crippen LogP contribution in [0.1, 0.15) is 26.3 Å². The van der Waals surface area contributed by atoms with Crippen molar-refractivity contribution in [1.29, 1.82) is 0 Å². The van der Waals surface area contributed by atoms with Crippen LogP contribution in [0, 0.1) is 6.92 Å². The van der Waals surface area contributed by atoms with Crippen molar-refractivity contribution in [1.82, 2.24) is 0 Å². The second-order valence-electron chi connectivity index (χ2n) is 7.23. The van der Waals surface area contributed by atoms with Crippen molar-refractivity contribution < 1.29 is 41.4 Å². The zero-order valence-electron chi connectivity index (χ0n) is 16.0. The molecule has 9 nitrogen and oxygen atoms in total. The topological polar surface area (TPSA) is 118 Å². The van der Waals surface area contributed by atoms with Crippen molar-refractivity contribution in [2.45, 2.75) is 69.1 Å². The first-order valence-corrected chi connectivity index (χ1v) is 10.2. The van der Waals surface area contributed by atoms with Crippen LogP contribution in [0.3, 0.4) is 0 Å². The number of fused-ring (bicyclic) bond motifs is 1. The van der Waals surface area contributed by atoms with E-state index in [0.29, 0.717) is 0 Å². The third-order valence-corrected chi connectivity index (χ3v) is 5.79. The number of hydrogen-bond donors (Lipinski definition) is 1. The highest BCUT2D eigenvalue weighted by Gasteiger charge is 2.58. The van der Waals surface area contributed by atoms with E-state index >= 15 is 0 Å². The third kappa shape index (κ3) is 4.37. The van der Waals surface area contributed by atoms with Crippen LogP contribution < -0.4 is 0 Å². The zero-order valence-corrected chi connectivity index (χ0v) is 16.8.